The van der Waals surface area contributed by atoms with Gasteiger partial charge >= 0.3 is 0 Å². The van der Waals surface area contributed by atoms with Crippen molar-refractivity contribution in [1.29, 1.82) is 5.26 Å². The van der Waals surface area contributed by atoms with Gasteiger partial charge < -0.3 is 19.2 Å². The number of hydrogen-bond donors (Lipinski definition) is 1. The molecule has 126 valence electrons. The van der Waals surface area contributed by atoms with E-state index in [1.165, 1.54) is 11.3 Å². The molecule has 6 nitrogen and oxygen atoms in total. The van der Waals surface area contributed by atoms with Gasteiger partial charge in [-0.15, -0.1) is 11.3 Å². The molecule has 2 aromatic heterocycles. The molecule has 3 aromatic rings. The lowest BCUT2D eigenvalue weighted by Crippen LogP contribution is -1.94. The first-order chi connectivity index (χ1) is 12.2. The molecule has 0 fully saturated rings. The second-order valence-electron chi connectivity index (χ2n) is 4.90. The number of methoxy groups -OCH3 is 2. The quantitative estimate of drug-likeness (QED) is 0.662. The van der Waals surface area contributed by atoms with Crippen molar-refractivity contribution >= 4 is 22.6 Å². The Morgan fingerprint density at radius 3 is 2.80 bits per heavy atom. The molecule has 0 saturated heterocycles. The van der Waals surface area contributed by atoms with Crippen LogP contribution in [0.4, 0.5) is 5.69 Å². The first-order valence-corrected chi connectivity index (χ1v) is 8.21. The third kappa shape index (κ3) is 3.65. The van der Waals surface area contributed by atoms with E-state index in [-0.39, 0.29) is 0 Å². The molecule has 25 heavy (non-hydrogen) atoms. The molecule has 0 saturated carbocycles. The number of allylic oxidation sites excluding steroid dienone is 1. The number of ether oxygens (including phenoxy) is 2. The fraction of sp³-hybridized carbons (Fsp3) is 0.111. The summed E-state index contributed by atoms with van der Waals surface area (Å²) in [6.45, 7) is 0. The zero-order valence-corrected chi connectivity index (χ0v) is 14.5. The molecule has 3 rings (SSSR count). The van der Waals surface area contributed by atoms with E-state index in [1.54, 1.807) is 44.9 Å². The van der Waals surface area contributed by atoms with Gasteiger partial charge in [0.15, 0.2) is 17.3 Å². The van der Waals surface area contributed by atoms with Crippen LogP contribution in [0.15, 0.2) is 52.6 Å². The lowest BCUT2D eigenvalue weighted by molar-refractivity contribution is 0.355. The molecule has 1 N–H and O–H groups in total. The van der Waals surface area contributed by atoms with E-state index in [0.717, 1.165) is 5.69 Å². The first kappa shape index (κ1) is 16.6. The Labute approximate surface area is 149 Å². The Hall–Kier alpha value is -3.24. The van der Waals surface area contributed by atoms with Gasteiger partial charge in [0.05, 0.1) is 20.5 Å². The van der Waals surface area contributed by atoms with Gasteiger partial charge in [-0.25, -0.2) is 4.98 Å². The van der Waals surface area contributed by atoms with Crippen LogP contribution in [0.2, 0.25) is 0 Å². The molecule has 1 aromatic carbocycles. The van der Waals surface area contributed by atoms with E-state index >= 15 is 0 Å². The predicted molar refractivity (Wildman–Crippen MR) is 96.6 cm³/mol. The van der Waals surface area contributed by atoms with Gasteiger partial charge in [-0.3, -0.25) is 0 Å². The number of hydrogen-bond acceptors (Lipinski definition) is 7. The standard InChI is InChI=1S/C18H15N3O3S/c1-22-16-6-5-13(8-17(16)23-2)20-10-12(9-19)18-21-14(11-25-18)15-4-3-7-24-15/h3-8,10-11,20H,1-2H3. The Bertz CT molecular complexity index is 923. The molecular formula is C18H15N3O3S. The smallest absolute Gasteiger partial charge is 0.162 e. The molecule has 0 aliphatic rings. The molecule has 7 heteroatoms. The van der Waals surface area contributed by atoms with E-state index in [9.17, 15) is 5.26 Å². The number of nitriles is 1. The van der Waals surface area contributed by atoms with E-state index < -0.39 is 0 Å². The van der Waals surface area contributed by atoms with Crippen molar-refractivity contribution in [3.8, 4) is 29.0 Å². The number of rotatable bonds is 6. The molecule has 0 bridgehead atoms. The second kappa shape index (κ2) is 7.55. The van der Waals surface area contributed by atoms with E-state index in [0.29, 0.717) is 33.5 Å². The summed E-state index contributed by atoms with van der Waals surface area (Å²) in [5.41, 5.74) is 1.91. The van der Waals surface area contributed by atoms with E-state index in [1.807, 2.05) is 17.5 Å². The number of nitrogens with one attached hydrogen (secondary N) is 1. The van der Waals surface area contributed by atoms with Crippen molar-refractivity contribution < 1.29 is 13.9 Å². The van der Waals surface area contributed by atoms with Gasteiger partial charge in [-0.1, -0.05) is 0 Å². The summed E-state index contributed by atoms with van der Waals surface area (Å²) in [5.74, 6) is 1.92. The zero-order chi connectivity index (χ0) is 17.6. The summed E-state index contributed by atoms with van der Waals surface area (Å²) in [5, 5.41) is 15.0. The summed E-state index contributed by atoms with van der Waals surface area (Å²) in [6.07, 6.45) is 3.21. The lowest BCUT2D eigenvalue weighted by atomic mass is 10.2. The number of benzene rings is 1. The van der Waals surface area contributed by atoms with Crippen LogP contribution >= 0.6 is 11.3 Å². The van der Waals surface area contributed by atoms with Crippen LogP contribution in [0.25, 0.3) is 17.0 Å². The summed E-state index contributed by atoms with van der Waals surface area (Å²) in [7, 11) is 3.15. The molecule has 0 amide bonds. The van der Waals surface area contributed by atoms with Crippen molar-refractivity contribution in [3.63, 3.8) is 0 Å². The number of aromatic nitrogens is 1. The SMILES string of the molecule is COc1ccc(NC=C(C#N)c2nc(-c3ccco3)cs2)cc1OC. The third-order valence-electron chi connectivity index (χ3n) is 3.40. The molecule has 0 atom stereocenters. The van der Waals surface area contributed by atoms with Crippen LogP contribution in [0, 0.1) is 11.3 Å². The highest BCUT2D eigenvalue weighted by atomic mass is 32.1. The summed E-state index contributed by atoms with van der Waals surface area (Å²) < 4.78 is 15.8. The number of anilines is 1. The van der Waals surface area contributed by atoms with E-state index in [2.05, 4.69) is 16.4 Å². The Morgan fingerprint density at radius 1 is 1.28 bits per heavy atom. The largest absolute Gasteiger partial charge is 0.493 e. The van der Waals surface area contributed by atoms with Crippen LogP contribution in [0.1, 0.15) is 5.01 Å². The maximum absolute atomic E-state index is 9.42. The monoisotopic (exact) mass is 353 g/mol. The Morgan fingerprint density at radius 2 is 2.12 bits per heavy atom. The molecule has 0 aliphatic heterocycles. The maximum atomic E-state index is 9.42. The van der Waals surface area contributed by atoms with Crippen molar-refractivity contribution in [2.45, 2.75) is 0 Å². The highest BCUT2D eigenvalue weighted by Gasteiger charge is 2.11. The molecule has 2 heterocycles. The number of furan rings is 1. The third-order valence-corrected chi connectivity index (χ3v) is 4.27. The van der Waals surface area contributed by atoms with Gasteiger partial charge in [-0.05, 0) is 24.3 Å². The van der Waals surface area contributed by atoms with Gasteiger partial charge in [0, 0.05) is 23.3 Å². The van der Waals surface area contributed by atoms with Gasteiger partial charge in [0.2, 0.25) is 0 Å². The lowest BCUT2D eigenvalue weighted by Gasteiger charge is -2.09. The van der Waals surface area contributed by atoms with Gasteiger partial charge in [0.1, 0.15) is 22.3 Å². The van der Waals surface area contributed by atoms with Crippen molar-refractivity contribution in [3.05, 3.63) is 53.2 Å². The summed E-state index contributed by atoms with van der Waals surface area (Å²) >= 11 is 1.38. The van der Waals surface area contributed by atoms with Crippen LogP contribution in [0.3, 0.4) is 0 Å². The zero-order valence-electron chi connectivity index (χ0n) is 13.6. The average Bonchev–Trinajstić information content (AvgIpc) is 3.33. The van der Waals surface area contributed by atoms with Crippen LogP contribution in [0.5, 0.6) is 11.5 Å². The average molecular weight is 353 g/mol. The minimum atomic E-state index is 0.428. The highest BCUT2D eigenvalue weighted by molar-refractivity contribution is 7.11. The molecular weight excluding hydrogens is 338 g/mol. The molecule has 0 spiro atoms. The minimum absolute atomic E-state index is 0.428. The topological polar surface area (TPSA) is 80.3 Å². The molecule has 0 aliphatic carbocycles. The van der Waals surface area contributed by atoms with Crippen LogP contribution in [-0.2, 0) is 0 Å². The first-order valence-electron chi connectivity index (χ1n) is 7.33. The highest BCUT2D eigenvalue weighted by Crippen LogP contribution is 2.30. The summed E-state index contributed by atoms with van der Waals surface area (Å²) in [6, 6.07) is 11.2. The maximum Gasteiger partial charge on any atom is 0.162 e. The molecule has 0 radical (unpaired) electrons. The Kier molecular flexibility index (Phi) is 5.02. The van der Waals surface area contributed by atoms with Crippen molar-refractivity contribution in [1.82, 2.24) is 4.98 Å². The fourth-order valence-corrected chi connectivity index (χ4v) is 2.93. The normalized spacial score (nSPS) is 11.0. The van der Waals surface area contributed by atoms with Gasteiger partial charge in [-0.2, -0.15) is 5.26 Å². The molecule has 0 unspecified atom stereocenters. The van der Waals surface area contributed by atoms with Crippen molar-refractivity contribution in [2.75, 3.05) is 19.5 Å². The van der Waals surface area contributed by atoms with Crippen LogP contribution < -0.4 is 14.8 Å². The fourth-order valence-electron chi connectivity index (χ4n) is 2.16. The van der Waals surface area contributed by atoms with E-state index in [4.69, 9.17) is 13.9 Å². The minimum Gasteiger partial charge on any atom is -0.493 e. The number of thiazole rings is 1. The number of nitrogens with zero attached hydrogens (tertiary/aromatic N) is 2. The second-order valence-corrected chi connectivity index (χ2v) is 5.76. The summed E-state index contributed by atoms with van der Waals surface area (Å²) in [4.78, 5) is 4.45. The van der Waals surface area contributed by atoms with Crippen molar-refractivity contribution in [2.24, 2.45) is 0 Å². The Balaban J connectivity index is 1.81. The van der Waals surface area contributed by atoms with Crippen LogP contribution in [-0.4, -0.2) is 19.2 Å². The van der Waals surface area contributed by atoms with Gasteiger partial charge in [0.25, 0.3) is 0 Å². The predicted octanol–water partition coefficient (Wildman–Crippen LogP) is 4.40.